The highest BCUT2D eigenvalue weighted by Crippen LogP contribution is 2.27. The van der Waals surface area contributed by atoms with Gasteiger partial charge in [0.05, 0.1) is 18.3 Å². The zero-order chi connectivity index (χ0) is 70.6. The molecule has 0 bridgehead atoms. The topological polar surface area (TPSA) is 319 Å². The Labute approximate surface area is 547 Å². The minimum atomic E-state index is -1.68. The molecule has 91 heavy (non-hydrogen) atoms. The van der Waals surface area contributed by atoms with Crippen LogP contribution in [0.2, 0.25) is 0 Å². The third-order valence-corrected chi connectivity index (χ3v) is 17.9. The van der Waals surface area contributed by atoms with Crippen LogP contribution in [0.4, 0.5) is 0 Å². The second-order valence-electron chi connectivity index (χ2n) is 27.5. The van der Waals surface area contributed by atoms with Gasteiger partial charge in [0.15, 0.2) is 0 Å². The maximum Gasteiger partial charge on any atom is 0.246 e. The molecular weight excluding hydrogens is 1190 g/mol. The van der Waals surface area contributed by atoms with Gasteiger partial charge in [0.1, 0.15) is 66.5 Å². The maximum absolute atomic E-state index is 15.3. The fourth-order valence-electron chi connectivity index (χ4n) is 11.2. The molecule has 522 valence electrons. The number of hydrogen-bond donors (Lipinski definition) is 7. The Hall–Kier alpha value is -5.86. The maximum atomic E-state index is 15.3. The number of carbonyl (C=O) groups excluding carboxylic acids is 11. The molecule has 0 radical (unpaired) electrons. The van der Waals surface area contributed by atoms with Crippen LogP contribution in [0.3, 0.4) is 0 Å². The summed E-state index contributed by atoms with van der Waals surface area (Å²) in [6.07, 6.45) is 2.21. The first-order valence-corrected chi connectivity index (χ1v) is 33.4. The summed E-state index contributed by atoms with van der Waals surface area (Å²) >= 11 is 1.13. The third kappa shape index (κ3) is 23.9. The van der Waals surface area contributed by atoms with Gasteiger partial charge in [0, 0.05) is 67.3 Å². The number of rotatable bonds is 19. The van der Waals surface area contributed by atoms with Crippen molar-refractivity contribution in [3.63, 3.8) is 0 Å². The molecule has 1 rings (SSSR count). The molecule has 25 nitrogen and oxygen atoms in total. The van der Waals surface area contributed by atoms with Crippen LogP contribution in [-0.4, -0.2) is 260 Å². The number of carbonyl (C=O) groups is 11. The highest BCUT2D eigenvalue weighted by Gasteiger charge is 2.47. The lowest BCUT2D eigenvalue weighted by Gasteiger charge is -2.41. The molecule has 0 aromatic heterocycles. The van der Waals surface area contributed by atoms with Gasteiger partial charge in [-0.1, -0.05) is 95.2 Å². The van der Waals surface area contributed by atoms with Crippen LogP contribution < -0.4 is 21.3 Å². The van der Waals surface area contributed by atoms with Gasteiger partial charge < -0.3 is 70.9 Å². The standard InChI is InChI=1S/C65H117N11O14S/c1-25-27-28-41(13)53(78)52-57(82)68-44(26-2)59(84)74(22)49(35-91-30-29-77)62(87)73(21)48(34-65(16,17)90)56(81)69-50(39(9)10)63(88)70(18)45(31-36(3)4)55(80)66-42(14)54(79)67-43(15)58(83)71(19)46(32-37(5)6)60(85)72(20)47(33-38(7)8)61(86)75(23)51(40(11)12)64(89)76(52)24/h25,27,36-53,77-78,90H,26,28-35H2,1-24H3,(H,66,80)(H,67,79)(H,68,82)(H,69,81)/t41-,42+,43-,44+,45+,46+,47+,48+,49-,50+,51+,52+,53-/m1/s1. The molecule has 1 heterocycles. The van der Waals surface area contributed by atoms with Gasteiger partial charge in [-0.3, -0.25) is 52.7 Å². The molecule has 1 fully saturated rings. The molecule has 7 N–H and O–H groups in total. The van der Waals surface area contributed by atoms with Gasteiger partial charge in [0.25, 0.3) is 0 Å². The van der Waals surface area contributed by atoms with E-state index in [1.54, 1.807) is 60.6 Å². The van der Waals surface area contributed by atoms with Crippen LogP contribution in [0.1, 0.15) is 156 Å². The summed E-state index contributed by atoms with van der Waals surface area (Å²) in [7, 11) is 9.67. The van der Waals surface area contributed by atoms with E-state index in [2.05, 4.69) is 21.3 Å². The van der Waals surface area contributed by atoms with Crippen LogP contribution in [0, 0.1) is 35.5 Å². The van der Waals surface area contributed by atoms with E-state index >= 15 is 24.0 Å². The van der Waals surface area contributed by atoms with E-state index in [-0.39, 0.29) is 74.4 Å². The molecule has 13 atom stereocenters. The SMILES string of the molecule is CC=CC[C@@H](C)[C@@H](O)[C@H]1C(=O)N[C@@H](CC)C(=O)N(C)[C@H](CSCCO)C(=O)N(C)[C@@H](CC(C)(C)O)C(=O)N[C@@H](C(C)C)C(=O)N(C)[C@@H](CC(C)C)C(=O)N[C@@H](C)C(=O)N[C@H](C)C(=O)N(C)[C@@H](CC(C)C)C(=O)N(C)[C@@H](CC(C)C)C(=O)N(C)[C@@H](C(C)C)C(=O)N1C. The van der Waals surface area contributed by atoms with Crippen molar-refractivity contribution in [2.75, 3.05) is 67.4 Å². The monoisotopic (exact) mass is 1310 g/mol. The Bertz CT molecular complexity index is 2490. The Morgan fingerprint density at radius 3 is 1.40 bits per heavy atom. The predicted molar refractivity (Wildman–Crippen MR) is 353 cm³/mol. The molecule has 0 aromatic rings. The molecule has 0 aliphatic carbocycles. The van der Waals surface area contributed by atoms with Crippen LogP contribution in [0.5, 0.6) is 0 Å². The van der Waals surface area contributed by atoms with Crippen molar-refractivity contribution in [2.24, 2.45) is 35.5 Å². The van der Waals surface area contributed by atoms with Crippen LogP contribution >= 0.6 is 11.8 Å². The van der Waals surface area contributed by atoms with Crippen molar-refractivity contribution < 1.29 is 68.1 Å². The van der Waals surface area contributed by atoms with Gasteiger partial charge in [-0.2, -0.15) is 11.8 Å². The summed E-state index contributed by atoms with van der Waals surface area (Å²) in [5, 5.41) is 44.3. The normalized spacial score (nSPS) is 26.9. The van der Waals surface area contributed by atoms with E-state index in [1.807, 2.05) is 41.5 Å². The molecule has 0 spiro atoms. The number of nitrogens with one attached hydrogen (secondary N) is 4. The lowest BCUT2D eigenvalue weighted by molar-refractivity contribution is -0.157. The highest BCUT2D eigenvalue weighted by molar-refractivity contribution is 7.99. The molecule has 1 aliphatic heterocycles. The first-order chi connectivity index (χ1) is 42.0. The number of aliphatic hydroxyl groups excluding tert-OH is 2. The van der Waals surface area contributed by atoms with Gasteiger partial charge in [-0.05, 0) is 102 Å². The Kier molecular flexibility index (Phi) is 34.5. The van der Waals surface area contributed by atoms with Crippen molar-refractivity contribution in [3.8, 4) is 0 Å². The molecule has 0 aromatic carbocycles. The molecule has 0 unspecified atom stereocenters. The molecule has 1 saturated heterocycles. The Morgan fingerprint density at radius 1 is 0.505 bits per heavy atom. The molecule has 1 aliphatic rings. The fourth-order valence-corrected chi connectivity index (χ4v) is 12.1. The average Bonchev–Trinajstić information content (AvgIpc) is 0.830. The minimum absolute atomic E-state index is 0.0586. The smallest absolute Gasteiger partial charge is 0.246 e. The first kappa shape index (κ1) is 83.2. The molecule has 0 saturated carbocycles. The number of aliphatic hydroxyl groups is 3. The number of amides is 11. The van der Waals surface area contributed by atoms with Gasteiger partial charge in [-0.15, -0.1) is 0 Å². The number of hydrogen-bond acceptors (Lipinski definition) is 15. The van der Waals surface area contributed by atoms with E-state index in [4.69, 9.17) is 0 Å². The third-order valence-electron chi connectivity index (χ3n) is 16.9. The molecular formula is C65H117N11O14S. The van der Waals surface area contributed by atoms with E-state index in [9.17, 15) is 44.1 Å². The minimum Gasteiger partial charge on any atom is -0.396 e. The van der Waals surface area contributed by atoms with Gasteiger partial charge in [-0.25, -0.2) is 0 Å². The van der Waals surface area contributed by atoms with Crippen molar-refractivity contribution in [1.29, 1.82) is 0 Å². The van der Waals surface area contributed by atoms with Crippen molar-refractivity contribution in [2.45, 2.75) is 234 Å². The fraction of sp³-hybridized carbons (Fsp3) is 0.800. The van der Waals surface area contributed by atoms with E-state index in [1.165, 1.54) is 96.6 Å². The summed E-state index contributed by atoms with van der Waals surface area (Å²) in [5.41, 5.74) is -1.60. The summed E-state index contributed by atoms with van der Waals surface area (Å²) in [6, 6.07) is -14.6. The van der Waals surface area contributed by atoms with Gasteiger partial charge in [0.2, 0.25) is 65.0 Å². The largest absolute Gasteiger partial charge is 0.396 e. The lowest BCUT2D eigenvalue weighted by atomic mass is 9.91. The lowest BCUT2D eigenvalue weighted by Crippen LogP contribution is -2.64. The number of likely N-dealkylation sites (N-methyl/N-ethyl adjacent to an activating group) is 7. The van der Waals surface area contributed by atoms with Crippen molar-refractivity contribution in [1.82, 2.24) is 55.6 Å². The second-order valence-corrected chi connectivity index (χ2v) is 28.6. The van der Waals surface area contributed by atoms with E-state index in [0.717, 1.165) is 26.5 Å². The Balaban J connectivity index is 4.53. The summed E-state index contributed by atoms with van der Waals surface area (Å²) < 4.78 is 0. The van der Waals surface area contributed by atoms with Crippen LogP contribution in [-0.2, 0) is 52.7 Å². The average molecular weight is 1310 g/mol. The van der Waals surface area contributed by atoms with Crippen LogP contribution in [0.25, 0.3) is 0 Å². The predicted octanol–water partition coefficient (Wildman–Crippen LogP) is 2.48. The number of allylic oxidation sites excluding steroid dienone is 2. The summed E-state index contributed by atoms with van der Waals surface area (Å²) in [4.78, 5) is 171. The quantitative estimate of drug-likeness (QED) is 0.0722. The number of nitrogens with zero attached hydrogens (tertiary/aromatic N) is 7. The van der Waals surface area contributed by atoms with Crippen LogP contribution in [0.15, 0.2) is 12.2 Å². The second kappa shape index (κ2) is 37.7. The summed E-state index contributed by atoms with van der Waals surface area (Å²) in [6.45, 7) is 28.4. The number of thioether (sulfide) groups is 1. The Morgan fingerprint density at radius 2 is 0.934 bits per heavy atom. The summed E-state index contributed by atoms with van der Waals surface area (Å²) in [5.74, 6) is -10.6. The molecule has 11 amide bonds. The van der Waals surface area contributed by atoms with E-state index in [0.29, 0.717) is 0 Å². The van der Waals surface area contributed by atoms with Crippen molar-refractivity contribution in [3.05, 3.63) is 12.2 Å². The first-order valence-electron chi connectivity index (χ1n) is 32.3. The highest BCUT2D eigenvalue weighted by atomic mass is 32.2. The zero-order valence-corrected chi connectivity index (χ0v) is 60.1. The van der Waals surface area contributed by atoms with E-state index < -0.39 is 161 Å². The van der Waals surface area contributed by atoms with Gasteiger partial charge >= 0.3 is 0 Å². The zero-order valence-electron chi connectivity index (χ0n) is 59.3. The molecule has 26 heteroatoms. The van der Waals surface area contributed by atoms with Crippen molar-refractivity contribution >= 4 is 76.7 Å².